The van der Waals surface area contributed by atoms with Gasteiger partial charge in [-0.15, -0.1) is 0 Å². The first-order valence-corrected chi connectivity index (χ1v) is 6.82. The first-order chi connectivity index (χ1) is 8.52. The molecular formula is C15H25FN2. The lowest BCUT2D eigenvalue weighted by Gasteiger charge is -2.26. The molecule has 0 spiro atoms. The summed E-state index contributed by atoms with van der Waals surface area (Å²) in [5.74, 6) is -0.248. The Kier molecular flexibility index (Phi) is 6.13. The Hall–Kier alpha value is -1.09. The van der Waals surface area contributed by atoms with Crippen molar-refractivity contribution in [2.75, 3.05) is 12.3 Å². The predicted molar refractivity (Wildman–Crippen MR) is 75.9 cm³/mol. The molecule has 0 bridgehead atoms. The first kappa shape index (κ1) is 15.0. The predicted octanol–water partition coefficient (Wildman–Crippen LogP) is 3.81. The standard InChI is InChI=1S/C15H25FN2/c1-4-5-6-7-18(12(2)3)11-13-8-14(16)10-15(17)9-13/h8-10,12H,4-7,11,17H2,1-3H3. The van der Waals surface area contributed by atoms with E-state index in [4.69, 9.17) is 5.73 Å². The van der Waals surface area contributed by atoms with Crippen LogP contribution in [0.5, 0.6) is 0 Å². The number of hydrogen-bond acceptors (Lipinski definition) is 2. The van der Waals surface area contributed by atoms with Gasteiger partial charge in [-0.05, 0) is 50.6 Å². The van der Waals surface area contributed by atoms with E-state index in [2.05, 4.69) is 25.7 Å². The van der Waals surface area contributed by atoms with Crippen LogP contribution in [-0.4, -0.2) is 17.5 Å². The molecule has 2 nitrogen and oxygen atoms in total. The largest absolute Gasteiger partial charge is 0.399 e. The van der Waals surface area contributed by atoms with Crippen LogP contribution in [0.4, 0.5) is 10.1 Å². The second-order valence-corrected chi connectivity index (χ2v) is 5.16. The van der Waals surface area contributed by atoms with Crippen molar-refractivity contribution in [1.29, 1.82) is 0 Å². The molecule has 1 aromatic carbocycles. The van der Waals surface area contributed by atoms with E-state index in [1.807, 2.05) is 6.07 Å². The van der Waals surface area contributed by atoms with Crippen molar-refractivity contribution < 1.29 is 4.39 Å². The van der Waals surface area contributed by atoms with E-state index >= 15 is 0 Å². The van der Waals surface area contributed by atoms with Crippen LogP contribution in [0.2, 0.25) is 0 Å². The van der Waals surface area contributed by atoms with Gasteiger partial charge >= 0.3 is 0 Å². The molecule has 1 rings (SSSR count). The summed E-state index contributed by atoms with van der Waals surface area (Å²) in [4.78, 5) is 2.36. The second-order valence-electron chi connectivity index (χ2n) is 5.16. The SMILES string of the molecule is CCCCCN(Cc1cc(N)cc(F)c1)C(C)C. The molecule has 3 heteroatoms. The topological polar surface area (TPSA) is 29.3 Å². The molecule has 0 radical (unpaired) electrons. The summed E-state index contributed by atoms with van der Waals surface area (Å²) in [5.41, 5.74) is 7.13. The van der Waals surface area contributed by atoms with Crippen molar-refractivity contribution in [3.8, 4) is 0 Å². The summed E-state index contributed by atoms with van der Waals surface area (Å²) >= 11 is 0. The third-order valence-corrected chi connectivity index (χ3v) is 3.14. The summed E-state index contributed by atoms with van der Waals surface area (Å²) in [7, 11) is 0. The zero-order valence-corrected chi connectivity index (χ0v) is 11.7. The van der Waals surface area contributed by atoms with E-state index < -0.39 is 0 Å². The van der Waals surface area contributed by atoms with Crippen molar-refractivity contribution in [2.24, 2.45) is 0 Å². The van der Waals surface area contributed by atoms with Gasteiger partial charge in [0.2, 0.25) is 0 Å². The van der Waals surface area contributed by atoms with Gasteiger partial charge in [-0.1, -0.05) is 19.8 Å². The number of nitrogens with zero attached hydrogens (tertiary/aromatic N) is 1. The summed E-state index contributed by atoms with van der Waals surface area (Å²) < 4.78 is 13.3. The Morgan fingerprint density at radius 1 is 1.22 bits per heavy atom. The van der Waals surface area contributed by atoms with Gasteiger partial charge in [0.1, 0.15) is 5.82 Å². The highest BCUT2D eigenvalue weighted by molar-refractivity contribution is 5.41. The highest BCUT2D eigenvalue weighted by atomic mass is 19.1. The van der Waals surface area contributed by atoms with E-state index in [0.717, 1.165) is 18.7 Å². The van der Waals surface area contributed by atoms with Crippen LogP contribution >= 0.6 is 0 Å². The maximum atomic E-state index is 13.3. The molecule has 0 aliphatic heterocycles. The molecule has 0 amide bonds. The maximum Gasteiger partial charge on any atom is 0.125 e. The average molecular weight is 252 g/mol. The minimum atomic E-state index is -0.248. The molecular weight excluding hydrogens is 227 g/mol. The zero-order valence-electron chi connectivity index (χ0n) is 11.7. The third kappa shape index (κ3) is 5.05. The van der Waals surface area contributed by atoms with Crippen molar-refractivity contribution in [1.82, 2.24) is 4.90 Å². The minimum absolute atomic E-state index is 0.248. The van der Waals surface area contributed by atoms with Crippen LogP contribution in [0.1, 0.15) is 45.6 Å². The van der Waals surface area contributed by atoms with Gasteiger partial charge < -0.3 is 5.73 Å². The normalized spacial score (nSPS) is 11.4. The number of benzene rings is 1. The van der Waals surface area contributed by atoms with E-state index in [1.54, 1.807) is 6.07 Å². The fraction of sp³-hybridized carbons (Fsp3) is 0.600. The van der Waals surface area contributed by atoms with E-state index in [0.29, 0.717) is 11.7 Å². The Morgan fingerprint density at radius 2 is 1.94 bits per heavy atom. The number of nitrogen functional groups attached to an aromatic ring is 1. The lowest BCUT2D eigenvalue weighted by Crippen LogP contribution is -2.31. The fourth-order valence-electron chi connectivity index (χ4n) is 2.09. The summed E-state index contributed by atoms with van der Waals surface area (Å²) in [6, 6.07) is 5.26. The number of unbranched alkanes of at least 4 members (excludes halogenated alkanes) is 2. The van der Waals surface area contributed by atoms with Crippen molar-refractivity contribution in [3.63, 3.8) is 0 Å². The Morgan fingerprint density at radius 3 is 2.50 bits per heavy atom. The van der Waals surface area contributed by atoms with Crippen molar-refractivity contribution in [2.45, 2.75) is 52.6 Å². The van der Waals surface area contributed by atoms with Crippen LogP contribution in [0.15, 0.2) is 18.2 Å². The zero-order chi connectivity index (χ0) is 13.5. The molecule has 0 aliphatic rings. The average Bonchev–Trinajstić information content (AvgIpc) is 2.26. The van der Waals surface area contributed by atoms with E-state index in [9.17, 15) is 4.39 Å². The molecule has 0 saturated heterocycles. The Labute approximate surface area is 110 Å². The van der Waals surface area contributed by atoms with E-state index in [1.165, 1.54) is 25.3 Å². The monoisotopic (exact) mass is 252 g/mol. The molecule has 0 unspecified atom stereocenters. The van der Waals surface area contributed by atoms with Gasteiger partial charge in [0.15, 0.2) is 0 Å². The number of rotatable bonds is 7. The van der Waals surface area contributed by atoms with Crippen molar-refractivity contribution >= 4 is 5.69 Å². The molecule has 18 heavy (non-hydrogen) atoms. The second kappa shape index (κ2) is 7.37. The van der Waals surface area contributed by atoms with Crippen LogP contribution in [-0.2, 0) is 6.54 Å². The molecule has 0 saturated carbocycles. The van der Waals surface area contributed by atoms with Crippen LogP contribution in [0.25, 0.3) is 0 Å². The first-order valence-electron chi connectivity index (χ1n) is 6.82. The Balaban J connectivity index is 2.64. The number of halogens is 1. The van der Waals surface area contributed by atoms with Crippen LogP contribution in [0.3, 0.4) is 0 Å². The lowest BCUT2D eigenvalue weighted by molar-refractivity contribution is 0.208. The van der Waals surface area contributed by atoms with Crippen molar-refractivity contribution in [3.05, 3.63) is 29.6 Å². The van der Waals surface area contributed by atoms with Gasteiger partial charge in [-0.2, -0.15) is 0 Å². The third-order valence-electron chi connectivity index (χ3n) is 3.14. The number of nitrogens with two attached hydrogens (primary N) is 1. The lowest BCUT2D eigenvalue weighted by atomic mass is 10.1. The molecule has 0 heterocycles. The molecule has 0 aliphatic carbocycles. The minimum Gasteiger partial charge on any atom is -0.399 e. The molecule has 1 aromatic rings. The molecule has 0 fully saturated rings. The molecule has 0 atom stereocenters. The number of anilines is 1. The number of hydrogen-bond donors (Lipinski definition) is 1. The smallest absolute Gasteiger partial charge is 0.125 e. The quantitative estimate of drug-likeness (QED) is 0.590. The summed E-state index contributed by atoms with van der Waals surface area (Å²) in [5, 5.41) is 0. The maximum absolute atomic E-state index is 13.3. The van der Waals surface area contributed by atoms with Gasteiger partial charge in [-0.3, -0.25) is 4.90 Å². The van der Waals surface area contributed by atoms with Gasteiger partial charge in [-0.25, -0.2) is 4.39 Å². The van der Waals surface area contributed by atoms with Gasteiger partial charge in [0.05, 0.1) is 0 Å². The molecule has 102 valence electrons. The van der Waals surface area contributed by atoms with Gasteiger partial charge in [0, 0.05) is 18.3 Å². The molecule has 2 N–H and O–H groups in total. The highest BCUT2D eigenvalue weighted by Gasteiger charge is 2.10. The highest BCUT2D eigenvalue weighted by Crippen LogP contribution is 2.15. The van der Waals surface area contributed by atoms with Crippen LogP contribution in [0, 0.1) is 5.82 Å². The molecule has 0 aromatic heterocycles. The summed E-state index contributed by atoms with van der Waals surface area (Å²) in [6.07, 6.45) is 3.66. The van der Waals surface area contributed by atoms with Crippen LogP contribution < -0.4 is 5.73 Å². The van der Waals surface area contributed by atoms with E-state index in [-0.39, 0.29) is 5.82 Å². The van der Waals surface area contributed by atoms with Gasteiger partial charge in [0.25, 0.3) is 0 Å². The Bertz CT molecular complexity index is 343. The summed E-state index contributed by atoms with van der Waals surface area (Å²) in [6.45, 7) is 8.38. The fourth-order valence-corrected chi connectivity index (χ4v) is 2.09.